The second kappa shape index (κ2) is 9.27. The molecule has 1 amide bonds. The molecule has 0 fully saturated rings. The van der Waals surface area contributed by atoms with Gasteiger partial charge in [0.25, 0.3) is 5.76 Å². The Labute approximate surface area is 149 Å². The minimum absolute atomic E-state index is 0.192. The van der Waals surface area contributed by atoms with Gasteiger partial charge in [0.15, 0.2) is 11.5 Å². The van der Waals surface area contributed by atoms with Gasteiger partial charge in [0, 0.05) is 11.3 Å². The van der Waals surface area contributed by atoms with Gasteiger partial charge >= 0.3 is 0 Å². The fourth-order valence-corrected chi connectivity index (χ4v) is 2.98. The molecule has 25 heavy (non-hydrogen) atoms. The van der Waals surface area contributed by atoms with Crippen molar-refractivity contribution in [2.24, 2.45) is 0 Å². The van der Waals surface area contributed by atoms with Crippen LogP contribution in [0.2, 0.25) is 0 Å². The lowest BCUT2D eigenvalue weighted by Gasteiger charge is -2.13. The van der Waals surface area contributed by atoms with E-state index in [0.717, 1.165) is 5.56 Å². The number of carbonyl (C=O) groups is 1. The summed E-state index contributed by atoms with van der Waals surface area (Å²) in [4.78, 5) is 12.5. The van der Waals surface area contributed by atoms with Crippen LogP contribution in [0.3, 0.4) is 0 Å². The van der Waals surface area contributed by atoms with Crippen LogP contribution in [0.4, 0.5) is 14.5 Å². The Balaban J connectivity index is 2.03. The zero-order chi connectivity index (χ0) is 18.2. The number of halogens is 2. The molecule has 0 aromatic heterocycles. The Morgan fingerprint density at radius 1 is 1.12 bits per heavy atom. The molecule has 1 N–H and O–H groups in total. The van der Waals surface area contributed by atoms with Crippen LogP contribution < -0.4 is 14.8 Å². The summed E-state index contributed by atoms with van der Waals surface area (Å²) >= 11 is 0.408. The van der Waals surface area contributed by atoms with Gasteiger partial charge in [0.05, 0.1) is 19.9 Å². The first-order valence-corrected chi connectivity index (χ1v) is 8.46. The second-order valence-corrected chi connectivity index (χ2v) is 6.11. The third-order valence-corrected chi connectivity index (χ3v) is 4.27. The molecule has 7 heteroatoms. The van der Waals surface area contributed by atoms with Crippen LogP contribution in [0.5, 0.6) is 11.5 Å². The van der Waals surface area contributed by atoms with Crippen LogP contribution in [0.1, 0.15) is 12.0 Å². The average molecular weight is 367 g/mol. The number of thioether (sulfide) groups is 1. The van der Waals surface area contributed by atoms with E-state index in [0.29, 0.717) is 40.3 Å². The van der Waals surface area contributed by atoms with Crippen LogP contribution >= 0.6 is 11.8 Å². The quantitative estimate of drug-likeness (QED) is 0.693. The Morgan fingerprint density at radius 2 is 1.88 bits per heavy atom. The standard InChI is InChI=1S/C18H19F2NO3S/c1-23-14-8-5-6-12(17(14)24-2)10-11-16(22)21-13-7-3-4-9-15(13)25-18(19)20/h3-9,18H,10-11H2,1-2H3,(H,21,22). The number of para-hydroxylation sites is 2. The number of carbonyl (C=O) groups excluding carboxylic acids is 1. The van der Waals surface area contributed by atoms with E-state index in [1.807, 2.05) is 12.1 Å². The highest BCUT2D eigenvalue weighted by molar-refractivity contribution is 7.99. The summed E-state index contributed by atoms with van der Waals surface area (Å²) in [6.07, 6.45) is 0.633. The van der Waals surface area contributed by atoms with Crippen molar-refractivity contribution >= 4 is 23.4 Å². The number of benzene rings is 2. The smallest absolute Gasteiger partial charge is 0.288 e. The molecular weight excluding hydrogens is 348 g/mol. The molecule has 2 aromatic carbocycles. The Kier molecular flexibility index (Phi) is 7.06. The first-order chi connectivity index (χ1) is 12.0. The number of nitrogens with one attached hydrogen (secondary N) is 1. The Hall–Kier alpha value is -2.28. The largest absolute Gasteiger partial charge is 0.493 e. The highest BCUT2D eigenvalue weighted by Gasteiger charge is 2.14. The first kappa shape index (κ1) is 19.1. The highest BCUT2D eigenvalue weighted by Crippen LogP contribution is 2.33. The van der Waals surface area contributed by atoms with Crippen LogP contribution in [0, 0.1) is 0 Å². The van der Waals surface area contributed by atoms with Crippen LogP contribution in [0.25, 0.3) is 0 Å². The molecule has 4 nitrogen and oxygen atoms in total. The summed E-state index contributed by atoms with van der Waals surface area (Å²) in [6.45, 7) is 0. The van der Waals surface area contributed by atoms with E-state index in [4.69, 9.17) is 9.47 Å². The third-order valence-electron chi connectivity index (χ3n) is 3.48. The number of rotatable bonds is 8. The van der Waals surface area contributed by atoms with Crippen LogP contribution in [0.15, 0.2) is 47.4 Å². The summed E-state index contributed by atoms with van der Waals surface area (Å²) in [5.41, 5.74) is 1.22. The first-order valence-electron chi connectivity index (χ1n) is 7.58. The molecule has 0 aliphatic rings. The highest BCUT2D eigenvalue weighted by atomic mass is 32.2. The molecule has 0 saturated heterocycles. The monoisotopic (exact) mass is 367 g/mol. The van der Waals surface area contributed by atoms with Crippen LogP contribution in [-0.2, 0) is 11.2 Å². The van der Waals surface area contributed by atoms with Gasteiger partial charge in [-0.1, -0.05) is 36.0 Å². The molecule has 0 aliphatic carbocycles. The number of alkyl halides is 2. The van der Waals surface area contributed by atoms with E-state index >= 15 is 0 Å². The summed E-state index contributed by atoms with van der Waals surface area (Å²) in [5, 5.41) is 2.69. The maximum absolute atomic E-state index is 12.6. The van der Waals surface area contributed by atoms with E-state index in [9.17, 15) is 13.6 Å². The van der Waals surface area contributed by atoms with Gasteiger partial charge in [0.1, 0.15) is 0 Å². The topological polar surface area (TPSA) is 47.6 Å². The van der Waals surface area contributed by atoms with Crippen molar-refractivity contribution in [3.8, 4) is 11.5 Å². The van der Waals surface area contributed by atoms with Gasteiger partial charge in [-0.2, -0.15) is 8.78 Å². The van der Waals surface area contributed by atoms with Crippen molar-refractivity contribution < 1.29 is 23.0 Å². The van der Waals surface area contributed by atoms with E-state index in [-0.39, 0.29) is 12.3 Å². The van der Waals surface area contributed by atoms with Gasteiger partial charge in [-0.3, -0.25) is 4.79 Å². The lowest BCUT2D eigenvalue weighted by atomic mass is 10.1. The van der Waals surface area contributed by atoms with Crippen LogP contribution in [-0.4, -0.2) is 25.9 Å². The molecule has 0 aliphatic heterocycles. The van der Waals surface area contributed by atoms with Crippen molar-refractivity contribution in [1.29, 1.82) is 0 Å². The number of anilines is 1. The van der Waals surface area contributed by atoms with Crippen molar-refractivity contribution in [2.45, 2.75) is 23.5 Å². The van der Waals surface area contributed by atoms with Crippen molar-refractivity contribution in [1.82, 2.24) is 0 Å². The molecular formula is C18H19F2NO3S. The number of methoxy groups -OCH3 is 2. The fourth-order valence-electron chi connectivity index (χ4n) is 2.38. The fraction of sp³-hybridized carbons (Fsp3) is 0.278. The Bertz CT molecular complexity index is 725. The van der Waals surface area contributed by atoms with Gasteiger partial charge < -0.3 is 14.8 Å². The molecule has 0 bridgehead atoms. The van der Waals surface area contributed by atoms with E-state index in [1.54, 1.807) is 44.6 Å². The number of ether oxygens (including phenoxy) is 2. The predicted octanol–water partition coefficient (Wildman–Crippen LogP) is 4.59. The summed E-state index contributed by atoms with van der Waals surface area (Å²) in [7, 11) is 3.09. The number of amides is 1. The average Bonchev–Trinajstić information content (AvgIpc) is 2.60. The lowest BCUT2D eigenvalue weighted by Crippen LogP contribution is -2.13. The van der Waals surface area contributed by atoms with E-state index in [2.05, 4.69) is 5.32 Å². The molecule has 0 unspecified atom stereocenters. The lowest BCUT2D eigenvalue weighted by molar-refractivity contribution is -0.116. The number of aryl methyl sites for hydroxylation is 1. The van der Waals surface area contributed by atoms with Crippen molar-refractivity contribution in [3.05, 3.63) is 48.0 Å². The minimum Gasteiger partial charge on any atom is -0.493 e. The number of hydrogen-bond donors (Lipinski definition) is 1. The van der Waals surface area contributed by atoms with E-state index in [1.165, 1.54) is 0 Å². The molecule has 2 rings (SSSR count). The van der Waals surface area contributed by atoms with Gasteiger partial charge in [0.2, 0.25) is 5.91 Å². The SMILES string of the molecule is COc1cccc(CCC(=O)Nc2ccccc2SC(F)F)c1OC. The maximum atomic E-state index is 12.6. The predicted molar refractivity (Wildman–Crippen MR) is 94.8 cm³/mol. The molecule has 134 valence electrons. The van der Waals surface area contributed by atoms with Gasteiger partial charge in [-0.05, 0) is 30.2 Å². The minimum atomic E-state index is -2.54. The van der Waals surface area contributed by atoms with Gasteiger partial charge in [-0.25, -0.2) is 0 Å². The second-order valence-electron chi connectivity index (χ2n) is 5.08. The Morgan fingerprint density at radius 3 is 2.56 bits per heavy atom. The molecule has 0 radical (unpaired) electrons. The van der Waals surface area contributed by atoms with Gasteiger partial charge in [-0.15, -0.1) is 0 Å². The molecule has 2 aromatic rings. The normalized spacial score (nSPS) is 10.6. The zero-order valence-corrected chi connectivity index (χ0v) is 14.7. The third kappa shape index (κ3) is 5.35. The molecule has 0 spiro atoms. The molecule has 0 atom stereocenters. The number of hydrogen-bond acceptors (Lipinski definition) is 4. The van der Waals surface area contributed by atoms with E-state index < -0.39 is 5.76 Å². The summed E-state index contributed by atoms with van der Waals surface area (Å²) in [6, 6.07) is 12.0. The van der Waals surface area contributed by atoms with Crippen molar-refractivity contribution in [3.63, 3.8) is 0 Å². The summed E-state index contributed by atoms with van der Waals surface area (Å²) in [5.74, 6) is -1.61. The zero-order valence-electron chi connectivity index (χ0n) is 13.9. The molecule has 0 saturated carbocycles. The van der Waals surface area contributed by atoms with Crippen molar-refractivity contribution in [2.75, 3.05) is 19.5 Å². The summed E-state index contributed by atoms with van der Waals surface area (Å²) < 4.78 is 35.7. The molecule has 0 heterocycles. The maximum Gasteiger partial charge on any atom is 0.288 e.